The molecule has 1 aliphatic carbocycles. The molecule has 0 saturated heterocycles. The van der Waals surface area contributed by atoms with Crippen LogP contribution in [0.5, 0.6) is 0 Å². The second-order valence-electron chi connectivity index (χ2n) is 6.53. The van der Waals surface area contributed by atoms with E-state index in [1.54, 1.807) is 24.3 Å². The maximum absolute atomic E-state index is 12.4. The summed E-state index contributed by atoms with van der Waals surface area (Å²) in [5.41, 5.74) is 4.63. The maximum atomic E-state index is 12.4. The molecule has 7 heteroatoms. The molecule has 0 unspecified atom stereocenters. The van der Waals surface area contributed by atoms with Gasteiger partial charge in [0.2, 0.25) is 0 Å². The number of rotatable bonds is 5. The van der Waals surface area contributed by atoms with Crippen LogP contribution in [0.25, 0.3) is 0 Å². The molecular formula is C19H24N2O3S2. The van der Waals surface area contributed by atoms with Crippen molar-refractivity contribution >= 4 is 27.3 Å². The second kappa shape index (κ2) is 8.33. The Hall–Kier alpha value is -1.70. The molecule has 1 aromatic heterocycles. The molecule has 1 aliphatic rings. The van der Waals surface area contributed by atoms with Gasteiger partial charge in [0.05, 0.1) is 9.77 Å². The van der Waals surface area contributed by atoms with Crippen molar-refractivity contribution in [1.82, 2.24) is 10.3 Å². The number of carbonyl (C=O) groups is 1. The van der Waals surface area contributed by atoms with Crippen LogP contribution < -0.4 is 10.3 Å². The highest BCUT2D eigenvalue weighted by molar-refractivity contribution is 7.89. The lowest BCUT2D eigenvalue weighted by atomic mass is 10.00. The molecule has 26 heavy (non-hydrogen) atoms. The Labute approximate surface area is 158 Å². The Bertz CT molecular complexity index is 845. The van der Waals surface area contributed by atoms with E-state index in [4.69, 9.17) is 0 Å². The van der Waals surface area contributed by atoms with Gasteiger partial charge in [-0.3, -0.25) is 10.2 Å². The molecule has 5 nitrogen and oxygen atoms in total. The fourth-order valence-electron chi connectivity index (χ4n) is 3.09. The van der Waals surface area contributed by atoms with Gasteiger partial charge in [-0.15, -0.1) is 16.2 Å². The van der Waals surface area contributed by atoms with Crippen molar-refractivity contribution in [2.75, 3.05) is 0 Å². The van der Waals surface area contributed by atoms with Crippen molar-refractivity contribution < 1.29 is 13.2 Å². The van der Waals surface area contributed by atoms with Crippen molar-refractivity contribution in [2.45, 2.75) is 56.8 Å². The molecular weight excluding hydrogens is 368 g/mol. The summed E-state index contributed by atoms with van der Waals surface area (Å²) >= 11 is 1.47. The van der Waals surface area contributed by atoms with Crippen LogP contribution in [0, 0.1) is 0 Å². The zero-order valence-electron chi connectivity index (χ0n) is 14.9. The average molecular weight is 393 g/mol. The average Bonchev–Trinajstić information content (AvgIpc) is 3.02. The fourth-order valence-corrected chi connectivity index (χ4v) is 5.08. The van der Waals surface area contributed by atoms with E-state index in [-0.39, 0.29) is 4.90 Å². The molecule has 1 heterocycles. The zero-order valence-corrected chi connectivity index (χ0v) is 16.5. The molecule has 0 saturated carbocycles. The van der Waals surface area contributed by atoms with Gasteiger partial charge in [-0.2, -0.15) is 0 Å². The van der Waals surface area contributed by atoms with Crippen LogP contribution >= 0.6 is 11.3 Å². The number of fused-ring (bicyclic) bond motifs is 1. The van der Waals surface area contributed by atoms with Crippen LogP contribution in [0.15, 0.2) is 35.2 Å². The summed E-state index contributed by atoms with van der Waals surface area (Å²) in [6, 6.07) is 8.55. The van der Waals surface area contributed by atoms with Crippen molar-refractivity contribution in [3.05, 3.63) is 51.2 Å². The number of nitrogens with one attached hydrogen (secondary N) is 2. The minimum absolute atomic E-state index is 0.133. The molecule has 0 fully saturated rings. The number of hydrazine groups is 1. The summed E-state index contributed by atoms with van der Waals surface area (Å²) in [5, 5.41) is 0. The number of thiophene rings is 1. The van der Waals surface area contributed by atoms with E-state index < -0.39 is 15.9 Å². The van der Waals surface area contributed by atoms with E-state index in [1.807, 2.05) is 13.0 Å². The quantitative estimate of drug-likeness (QED) is 0.764. The molecule has 1 aromatic carbocycles. The van der Waals surface area contributed by atoms with Gasteiger partial charge >= 0.3 is 0 Å². The normalized spacial score (nSPS) is 15.0. The smallest absolute Gasteiger partial charge is 0.273 e. The van der Waals surface area contributed by atoms with Crippen LogP contribution in [0.4, 0.5) is 0 Å². The largest absolute Gasteiger partial charge is 0.276 e. The first kappa shape index (κ1) is 19.1. The molecule has 2 aromatic rings. The highest BCUT2D eigenvalue weighted by atomic mass is 32.2. The lowest BCUT2D eigenvalue weighted by molar-refractivity contribution is 0.0949. The van der Waals surface area contributed by atoms with Crippen molar-refractivity contribution in [1.29, 1.82) is 0 Å². The third kappa shape index (κ3) is 4.52. The van der Waals surface area contributed by atoms with Crippen LogP contribution in [-0.4, -0.2) is 14.3 Å². The van der Waals surface area contributed by atoms with Gasteiger partial charge < -0.3 is 0 Å². The van der Waals surface area contributed by atoms with Gasteiger partial charge in [0, 0.05) is 4.88 Å². The summed E-state index contributed by atoms with van der Waals surface area (Å²) in [6.45, 7) is 2.01. The first-order chi connectivity index (χ1) is 12.5. The number of hydrogen-bond acceptors (Lipinski definition) is 4. The summed E-state index contributed by atoms with van der Waals surface area (Å²) < 4.78 is 24.7. The third-order valence-electron chi connectivity index (χ3n) is 4.66. The number of carbonyl (C=O) groups excluding carboxylic acids is 1. The summed E-state index contributed by atoms with van der Waals surface area (Å²) in [6.07, 6.45) is 7.59. The Morgan fingerprint density at radius 2 is 1.77 bits per heavy atom. The Balaban J connectivity index is 1.67. The minimum Gasteiger partial charge on any atom is -0.273 e. The molecule has 3 rings (SSSR count). The van der Waals surface area contributed by atoms with E-state index in [0.717, 1.165) is 37.7 Å². The number of sulfonamides is 1. The van der Waals surface area contributed by atoms with Gasteiger partial charge in [0.1, 0.15) is 0 Å². The SMILES string of the molecule is CCc1ccc(S(=O)(=O)NNC(=O)c2cc3c(s2)CCCCCC3)cc1. The molecule has 0 aliphatic heterocycles. The topological polar surface area (TPSA) is 75.3 Å². The third-order valence-corrected chi connectivity index (χ3v) is 7.16. The number of aryl methyl sites for hydroxylation is 3. The van der Waals surface area contributed by atoms with Crippen LogP contribution in [0.2, 0.25) is 0 Å². The van der Waals surface area contributed by atoms with Crippen LogP contribution in [0.3, 0.4) is 0 Å². The van der Waals surface area contributed by atoms with E-state index in [9.17, 15) is 13.2 Å². The van der Waals surface area contributed by atoms with Gasteiger partial charge in [-0.1, -0.05) is 31.9 Å². The van der Waals surface area contributed by atoms with Crippen molar-refractivity contribution in [3.63, 3.8) is 0 Å². The molecule has 1 amide bonds. The molecule has 0 atom stereocenters. The zero-order chi connectivity index (χ0) is 18.6. The summed E-state index contributed by atoms with van der Waals surface area (Å²) in [4.78, 5) is 16.5. The maximum Gasteiger partial charge on any atom is 0.276 e. The van der Waals surface area contributed by atoms with Crippen LogP contribution in [0.1, 0.15) is 58.3 Å². The molecule has 140 valence electrons. The number of benzene rings is 1. The van der Waals surface area contributed by atoms with Gasteiger partial charge in [0.25, 0.3) is 15.9 Å². The second-order valence-corrected chi connectivity index (χ2v) is 9.35. The van der Waals surface area contributed by atoms with Crippen molar-refractivity contribution in [2.24, 2.45) is 0 Å². The number of hydrogen-bond donors (Lipinski definition) is 2. The first-order valence-electron chi connectivity index (χ1n) is 9.02. The highest BCUT2D eigenvalue weighted by Gasteiger charge is 2.19. The summed E-state index contributed by atoms with van der Waals surface area (Å²) in [7, 11) is -3.78. The molecule has 0 spiro atoms. The Morgan fingerprint density at radius 3 is 2.46 bits per heavy atom. The lowest BCUT2D eigenvalue weighted by Crippen LogP contribution is -2.41. The van der Waals surface area contributed by atoms with Crippen molar-refractivity contribution in [3.8, 4) is 0 Å². The molecule has 2 N–H and O–H groups in total. The Kier molecular flexibility index (Phi) is 6.11. The monoisotopic (exact) mass is 392 g/mol. The molecule has 0 bridgehead atoms. The van der Waals surface area contributed by atoms with Crippen LogP contribution in [-0.2, 0) is 29.3 Å². The predicted octanol–water partition coefficient (Wildman–Crippen LogP) is 3.59. The predicted molar refractivity (Wildman–Crippen MR) is 104 cm³/mol. The lowest BCUT2D eigenvalue weighted by Gasteiger charge is -2.08. The summed E-state index contributed by atoms with van der Waals surface area (Å²) in [5.74, 6) is -0.407. The van der Waals surface area contributed by atoms with Gasteiger partial charge in [-0.25, -0.2) is 8.42 Å². The standard InChI is InChI=1S/C19H24N2O3S2/c1-2-14-9-11-16(12-10-14)26(23,24)21-20-19(22)18-13-15-7-5-3-4-6-8-17(15)25-18/h9-13,21H,2-8H2,1H3,(H,20,22). The highest BCUT2D eigenvalue weighted by Crippen LogP contribution is 2.28. The van der Waals surface area contributed by atoms with E-state index in [2.05, 4.69) is 10.3 Å². The van der Waals surface area contributed by atoms with E-state index in [0.29, 0.717) is 4.88 Å². The molecule has 0 radical (unpaired) electrons. The Morgan fingerprint density at radius 1 is 1.08 bits per heavy atom. The number of amides is 1. The van der Waals surface area contributed by atoms with E-state index >= 15 is 0 Å². The first-order valence-corrected chi connectivity index (χ1v) is 11.3. The van der Waals surface area contributed by atoms with Gasteiger partial charge in [0.15, 0.2) is 0 Å². The van der Waals surface area contributed by atoms with Gasteiger partial charge in [-0.05, 0) is 61.4 Å². The fraction of sp³-hybridized carbons (Fsp3) is 0.421. The van der Waals surface area contributed by atoms with E-state index in [1.165, 1.54) is 34.6 Å². The minimum atomic E-state index is -3.78.